The molecule has 0 aliphatic rings. The third-order valence-corrected chi connectivity index (χ3v) is 4.08. The summed E-state index contributed by atoms with van der Waals surface area (Å²) in [5, 5.41) is 3.71. The molecule has 1 heterocycles. The minimum atomic E-state index is -0.556. The molecule has 0 unspecified atom stereocenters. The van der Waals surface area contributed by atoms with Gasteiger partial charge < -0.3 is 16.0 Å². The second-order valence-corrected chi connectivity index (χ2v) is 6.01. The summed E-state index contributed by atoms with van der Waals surface area (Å²) in [6, 6.07) is 12.6. The van der Waals surface area contributed by atoms with Crippen molar-refractivity contribution in [1.82, 2.24) is 4.57 Å². The smallest absolute Gasteiger partial charge is 0.191 e. The number of hydrazine groups is 2. The summed E-state index contributed by atoms with van der Waals surface area (Å²) >= 11 is 0. The van der Waals surface area contributed by atoms with Crippen LogP contribution in [0.15, 0.2) is 58.6 Å². The molecule has 3 rings (SSSR count). The summed E-state index contributed by atoms with van der Waals surface area (Å²) in [6.07, 6.45) is 0. The molecule has 28 heavy (non-hydrogen) atoms. The van der Waals surface area contributed by atoms with Crippen molar-refractivity contribution in [1.29, 1.82) is 0 Å². The molecule has 3 aromatic rings. The zero-order valence-corrected chi connectivity index (χ0v) is 15.0. The van der Waals surface area contributed by atoms with Gasteiger partial charge in [-0.15, -0.1) is 0 Å². The van der Waals surface area contributed by atoms with Gasteiger partial charge in [0.25, 0.3) is 0 Å². The molecule has 0 aliphatic heterocycles. The van der Waals surface area contributed by atoms with Gasteiger partial charge >= 0.3 is 0 Å². The van der Waals surface area contributed by atoms with Crippen LogP contribution in [0.25, 0.3) is 22.5 Å². The molecule has 2 aromatic carbocycles. The minimum Gasteiger partial charge on any atom is -0.370 e. The summed E-state index contributed by atoms with van der Waals surface area (Å²) in [4.78, 5) is 4.34. The van der Waals surface area contributed by atoms with Gasteiger partial charge in [-0.25, -0.2) is 13.8 Å². The van der Waals surface area contributed by atoms with Crippen LogP contribution in [0.4, 0.5) is 20.2 Å². The Kier molecular flexibility index (Phi) is 4.94. The van der Waals surface area contributed by atoms with Crippen LogP contribution in [-0.4, -0.2) is 15.4 Å². The predicted octanol–water partition coefficient (Wildman–Crippen LogP) is 2.39. The molecule has 0 bridgehead atoms. The molecule has 8 nitrogen and oxygen atoms in total. The van der Waals surface area contributed by atoms with E-state index in [0.717, 1.165) is 11.4 Å². The van der Waals surface area contributed by atoms with Crippen LogP contribution < -0.4 is 23.2 Å². The third-order valence-electron chi connectivity index (χ3n) is 4.08. The van der Waals surface area contributed by atoms with Gasteiger partial charge in [-0.05, 0) is 48.5 Å². The maximum atomic E-state index is 13.9. The zero-order chi connectivity index (χ0) is 20.4. The zero-order valence-electron chi connectivity index (χ0n) is 15.0. The molecular formula is C18H19F2N8+. The molecule has 0 saturated heterocycles. The van der Waals surface area contributed by atoms with E-state index in [1.54, 1.807) is 18.2 Å². The van der Waals surface area contributed by atoms with E-state index in [9.17, 15) is 8.78 Å². The van der Waals surface area contributed by atoms with E-state index >= 15 is 0 Å². The Hall–Kier alpha value is -3.95. The first-order chi connectivity index (χ1) is 13.3. The van der Waals surface area contributed by atoms with Gasteiger partial charge in [0.05, 0.1) is 5.11 Å². The Morgan fingerprint density at radius 2 is 1.36 bits per heavy atom. The Bertz CT molecular complexity index is 1010. The molecule has 0 amide bonds. The van der Waals surface area contributed by atoms with Crippen LogP contribution >= 0.6 is 0 Å². The number of aliphatic imine (C=N–C) groups is 1. The van der Waals surface area contributed by atoms with Gasteiger partial charge in [0.1, 0.15) is 16.4 Å². The summed E-state index contributed by atoms with van der Waals surface area (Å²) < 4.78 is 29.7. The number of hydrogen-bond donors (Lipinski definition) is 4. The van der Waals surface area contributed by atoms with E-state index in [-0.39, 0.29) is 17.3 Å². The SMILES string of the molecule is Cn1c(-c2ccc(F)c(N=C(N)N)c2)ccc1-c1ccc(F)c(N=[N+](N)N)c1. The van der Waals surface area contributed by atoms with Crippen LogP contribution in [0, 0.1) is 11.6 Å². The molecular weight excluding hydrogens is 366 g/mol. The average Bonchev–Trinajstić information content (AvgIpc) is 2.99. The number of benzene rings is 2. The number of guanidine groups is 1. The van der Waals surface area contributed by atoms with Crippen molar-refractivity contribution >= 4 is 17.3 Å². The summed E-state index contributed by atoms with van der Waals surface area (Å²) in [5.41, 5.74) is 13.7. The maximum absolute atomic E-state index is 13.9. The molecule has 0 aliphatic carbocycles. The monoisotopic (exact) mass is 385 g/mol. The molecule has 1 aromatic heterocycles. The highest BCUT2D eigenvalue weighted by Crippen LogP contribution is 2.33. The molecule has 0 radical (unpaired) electrons. The number of hydrogen-bond acceptors (Lipinski definition) is 2. The summed E-state index contributed by atoms with van der Waals surface area (Å²) in [7, 11) is 1.83. The van der Waals surface area contributed by atoms with Crippen LogP contribution in [0.2, 0.25) is 0 Å². The van der Waals surface area contributed by atoms with Crippen LogP contribution in [-0.2, 0) is 7.05 Å². The van der Waals surface area contributed by atoms with E-state index in [1.165, 1.54) is 18.2 Å². The Labute approximate surface area is 159 Å². The first-order valence-electron chi connectivity index (χ1n) is 8.12. The second kappa shape index (κ2) is 7.35. The van der Waals surface area contributed by atoms with Gasteiger partial charge in [0.2, 0.25) is 0 Å². The lowest BCUT2D eigenvalue weighted by Gasteiger charge is -2.10. The Morgan fingerprint density at radius 3 is 1.86 bits per heavy atom. The lowest BCUT2D eigenvalue weighted by atomic mass is 10.1. The summed E-state index contributed by atoms with van der Waals surface area (Å²) in [5.74, 6) is 9.20. The number of halogens is 2. The van der Waals surface area contributed by atoms with E-state index in [0.29, 0.717) is 16.0 Å². The maximum Gasteiger partial charge on any atom is 0.191 e. The average molecular weight is 385 g/mol. The second-order valence-electron chi connectivity index (χ2n) is 6.01. The van der Waals surface area contributed by atoms with Crippen molar-refractivity contribution in [3.8, 4) is 22.5 Å². The number of rotatable bonds is 4. The molecule has 144 valence electrons. The highest BCUT2D eigenvalue weighted by molar-refractivity contribution is 5.80. The fraction of sp³-hybridized carbons (Fsp3) is 0.0556. The third kappa shape index (κ3) is 3.75. The van der Waals surface area contributed by atoms with Crippen LogP contribution in [0.3, 0.4) is 0 Å². The van der Waals surface area contributed by atoms with E-state index in [1.807, 2.05) is 23.7 Å². The van der Waals surface area contributed by atoms with Gasteiger partial charge in [-0.1, -0.05) is 0 Å². The van der Waals surface area contributed by atoms with Gasteiger partial charge in [0, 0.05) is 29.6 Å². The van der Waals surface area contributed by atoms with Crippen molar-refractivity contribution in [2.24, 2.45) is 40.3 Å². The number of nitrogens with two attached hydrogens (primary N) is 4. The Morgan fingerprint density at radius 1 is 0.857 bits per heavy atom. The molecule has 0 spiro atoms. The lowest BCUT2D eigenvalue weighted by Crippen LogP contribution is -2.24. The van der Waals surface area contributed by atoms with Gasteiger partial charge in [-0.2, -0.15) is 11.7 Å². The fourth-order valence-electron chi connectivity index (χ4n) is 2.86. The highest BCUT2D eigenvalue weighted by atomic mass is 19.1. The predicted molar refractivity (Wildman–Crippen MR) is 102 cm³/mol. The highest BCUT2D eigenvalue weighted by Gasteiger charge is 2.14. The van der Waals surface area contributed by atoms with Gasteiger partial charge in [-0.3, -0.25) is 0 Å². The van der Waals surface area contributed by atoms with Crippen molar-refractivity contribution in [3.63, 3.8) is 0 Å². The van der Waals surface area contributed by atoms with Crippen LogP contribution in [0.1, 0.15) is 0 Å². The van der Waals surface area contributed by atoms with Crippen LogP contribution in [0.5, 0.6) is 0 Å². The van der Waals surface area contributed by atoms with E-state index in [2.05, 4.69) is 10.1 Å². The number of aromatic nitrogens is 1. The topological polar surface area (TPSA) is 137 Å². The van der Waals surface area contributed by atoms with Crippen molar-refractivity contribution in [3.05, 3.63) is 60.2 Å². The van der Waals surface area contributed by atoms with Crippen molar-refractivity contribution in [2.45, 2.75) is 0 Å². The molecule has 0 fully saturated rings. The Balaban J connectivity index is 2.07. The fourth-order valence-corrected chi connectivity index (χ4v) is 2.86. The summed E-state index contributed by atoms with van der Waals surface area (Å²) in [6.45, 7) is 0. The first-order valence-corrected chi connectivity index (χ1v) is 8.12. The van der Waals surface area contributed by atoms with E-state index in [4.69, 9.17) is 23.2 Å². The normalized spacial score (nSPS) is 10.5. The van der Waals surface area contributed by atoms with Gasteiger partial charge in [0.15, 0.2) is 17.5 Å². The number of nitrogens with zero attached hydrogens (tertiary/aromatic N) is 4. The minimum absolute atomic E-state index is 0.00192. The standard InChI is InChI=1S/C18H19F2N8/c1-27-16(10-2-4-12(19)14(8-10)25-18(21)22)6-7-17(27)11-3-5-13(20)15(9-11)26-28(23)24/h2-9H,1H3,(H4,21,22,25)(H4,23,24,26)/q+1. The molecule has 8 N–H and O–H groups in total. The largest absolute Gasteiger partial charge is 0.370 e. The van der Waals surface area contributed by atoms with Crippen molar-refractivity contribution in [2.75, 3.05) is 0 Å². The van der Waals surface area contributed by atoms with E-state index < -0.39 is 11.6 Å². The molecule has 0 saturated carbocycles. The first kappa shape index (κ1) is 18.8. The molecule has 10 heteroatoms. The quantitative estimate of drug-likeness (QED) is 0.137. The lowest BCUT2D eigenvalue weighted by molar-refractivity contribution is -0.613. The molecule has 0 atom stereocenters. The van der Waals surface area contributed by atoms with Crippen molar-refractivity contribution < 1.29 is 13.7 Å².